The number of nitrogens with one attached hydrogen (secondary N) is 2. The van der Waals surface area contributed by atoms with Crippen molar-refractivity contribution in [1.29, 1.82) is 0 Å². The van der Waals surface area contributed by atoms with E-state index in [0.29, 0.717) is 18.5 Å². The van der Waals surface area contributed by atoms with Gasteiger partial charge < -0.3 is 20.1 Å². The first kappa shape index (κ1) is 17.3. The van der Waals surface area contributed by atoms with Crippen LogP contribution in [0.1, 0.15) is 16.8 Å². The van der Waals surface area contributed by atoms with Crippen LogP contribution in [0.5, 0.6) is 5.75 Å². The molecule has 0 heterocycles. The van der Waals surface area contributed by atoms with E-state index in [2.05, 4.69) is 15.4 Å². The summed E-state index contributed by atoms with van der Waals surface area (Å²) in [5, 5.41) is 5.95. The van der Waals surface area contributed by atoms with Crippen molar-refractivity contribution in [3.8, 4) is 5.75 Å². The van der Waals surface area contributed by atoms with Crippen LogP contribution in [0.15, 0.2) is 48.5 Å². The van der Waals surface area contributed by atoms with E-state index >= 15 is 0 Å². The van der Waals surface area contributed by atoms with Gasteiger partial charge in [-0.25, -0.2) is 4.79 Å². The molecule has 0 aliphatic rings. The minimum absolute atomic E-state index is 0.0844. The average molecular weight is 328 g/mol. The number of hydrogen-bond donors (Lipinski definition) is 2. The van der Waals surface area contributed by atoms with Gasteiger partial charge >= 0.3 is 5.97 Å². The molecule has 0 aromatic heterocycles. The van der Waals surface area contributed by atoms with E-state index in [4.69, 9.17) is 4.74 Å². The third-order valence-corrected chi connectivity index (χ3v) is 3.36. The Kier molecular flexibility index (Phi) is 6.19. The van der Waals surface area contributed by atoms with E-state index in [1.165, 1.54) is 7.11 Å². The van der Waals surface area contributed by atoms with Crippen LogP contribution >= 0.6 is 0 Å². The van der Waals surface area contributed by atoms with Crippen LogP contribution in [0.3, 0.4) is 0 Å². The fraction of sp³-hybridized carbons (Fsp3) is 0.222. The molecule has 2 aromatic rings. The van der Waals surface area contributed by atoms with E-state index in [0.717, 1.165) is 17.1 Å². The smallest absolute Gasteiger partial charge is 0.337 e. The zero-order valence-electron chi connectivity index (χ0n) is 13.7. The second kappa shape index (κ2) is 8.57. The number of amides is 1. The molecule has 0 spiro atoms. The number of benzene rings is 2. The molecule has 24 heavy (non-hydrogen) atoms. The summed E-state index contributed by atoms with van der Waals surface area (Å²) in [5.74, 6) is 0.282. The molecular weight excluding hydrogens is 308 g/mol. The van der Waals surface area contributed by atoms with Crippen molar-refractivity contribution >= 4 is 23.3 Å². The molecule has 2 aromatic carbocycles. The molecule has 6 heteroatoms. The number of rotatable bonds is 7. The minimum Gasteiger partial charge on any atom is -0.497 e. The third-order valence-electron chi connectivity index (χ3n) is 3.36. The van der Waals surface area contributed by atoms with Gasteiger partial charge in [0.05, 0.1) is 19.8 Å². The monoisotopic (exact) mass is 328 g/mol. The zero-order valence-corrected chi connectivity index (χ0v) is 13.7. The van der Waals surface area contributed by atoms with Crippen molar-refractivity contribution in [3.05, 3.63) is 54.1 Å². The van der Waals surface area contributed by atoms with Crippen LogP contribution in [0.25, 0.3) is 0 Å². The molecule has 0 radical (unpaired) electrons. The van der Waals surface area contributed by atoms with Gasteiger partial charge in [0.25, 0.3) is 0 Å². The van der Waals surface area contributed by atoms with Gasteiger partial charge in [-0.15, -0.1) is 0 Å². The molecule has 0 aliphatic heterocycles. The van der Waals surface area contributed by atoms with E-state index < -0.39 is 0 Å². The lowest BCUT2D eigenvalue weighted by Gasteiger charge is -2.08. The molecule has 2 rings (SSSR count). The summed E-state index contributed by atoms with van der Waals surface area (Å²) in [6.07, 6.45) is 0.324. The van der Waals surface area contributed by atoms with Crippen molar-refractivity contribution in [3.63, 3.8) is 0 Å². The van der Waals surface area contributed by atoms with Crippen LogP contribution in [0.4, 0.5) is 11.4 Å². The fourth-order valence-corrected chi connectivity index (χ4v) is 2.06. The van der Waals surface area contributed by atoms with Crippen molar-refractivity contribution in [2.45, 2.75) is 6.42 Å². The molecule has 126 valence electrons. The molecule has 0 atom stereocenters. The van der Waals surface area contributed by atoms with Crippen molar-refractivity contribution in [1.82, 2.24) is 0 Å². The summed E-state index contributed by atoms with van der Waals surface area (Å²) in [6.45, 7) is 0.486. The van der Waals surface area contributed by atoms with Crippen molar-refractivity contribution < 1.29 is 19.1 Å². The first-order valence-corrected chi connectivity index (χ1v) is 7.48. The number of carbonyl (C=O) groups is 2. The highest BCUT2D eigenvalue weighted by molar-refractivity contribution is 5.91. The molecule has 2 N–H and O–H groups in total. The standard InChI is InChI=1S/C18H20N2O4/c1-23-16-9-7-15(8-10-16)20-17(21)11-12-19-14-5-3-13(4-6-14)18(22)24-2/h3-10,19H,11-12H2,1-2H3,(H,20,21). The lowest BCUT2D eigenvalue weighted by atomic mass is 10.2. The molecule has 6 nitrogen and oxygen atoms in total. The Labute approximate surface area is 140 Å². The van der Waals surface area contributed by atoms with Gasteiger partial charge in [0.15, 0.2) is 0 Å². The van der Waals surface area contributed by atoms with E-state index in [1.807, 2.05) is 0 Å². The van der Waals surface area contributed by atoms with E-state index in [-0.39, 0.29) is 11.9 Å². The van der Waals surface area contributed by atoms with Crippen LogP contribution in [0, 0.1) is 0 Å². The molecule has 0 unspecified atom stereocenters. The first-order chi connectivity index (χ1) is 11.6. The number of methoxy groups -OCH3 is 2. The highest BCUT2D eigenvalue weighted by Crippen LogP contribution is 2.15. The molecule has 0 saturated heterocycles. The summed E-state index contributed by atoms with van der Waals surface area (Å²) < 4.78 is 9.71. The molecule has 0 fully saturated rings. The van der Waals surface area contributed by atoms with Gasteiger partial charge in [0, 0.05) is 24.3 Å². The largest absolute Gasteiger partial charge is 0.497 e. The van der Waals surface area contributed by atoms with Gasteiger partial charge in [0.1, 0.15) is 5.75 Å². The minimum atomic E-state index is -0.375. The Morgan fingerprint density at radius 2 is 1.54 bits per heavy atom. The average Bonchev–Trinajstić information content (AvgIpc) is 2.62. The summed E-state index contributed by atoms with van der Waals surface area (Å²) in [7, 11) is 2.94. The fourth-order valence-electron chi connectivity index (χ4n) is 2.06. The van der Waals surface area contributed by atoms with Gasteiger partial charge in [0.2, 0.25) is 5.91 Å². The Balaban J connectivity index is 1.76. The van der Waals surface area contributed by atoms with Crippen LogP contribution in [-0.2, 0) is 9.53 Å². The number of carbonyl (C=O) groups excluding carboxylic acids is 2. The topological polar surface area (TPSA) is 76.7 Å². The lowest BCUT2D eigenvalue weighted by molar-refractivity contribution is -0.115. The van der Waals surface area contributed by atoms with Gasteiger partial charge in [-0.3, -0.25) is 4.79 Å². The maximum Gasteiger partial charge on any atom is 0.337 e. The van der Waals surface area contributed by atoms with Gasteiger partial charge in [-0.1, -0.05) is 0 Å². The highest BCUT2D eigenvalue weighted by Gasteiger charge is 2.05. The molecular formula is C18H20N2O4. The SMILES string of the molecule is COC(=O)c1ccc(NCCC(=O)Nc2ccc(OC)cc2)cc1. The number of hydrogen-bond acceptors (Lipinski definition) is 5. The number of ether oxygens (including phenoxy) is 2. The van der Waals surface area contributed by atoms with Crippen LogP contribution in [0.2, 0.25) is 0 Å². The Hall–Kier alpha value is -3.02. The van der Waals surface area contributed by atoms with Gasteiger partial charge in [-0.05, 0) is 48.5 Å². The third kappa shape index (κ3) is 5.01. The van der Waals surface area contributed by atoms with Crippen LogP contribution in [-0.4, -0.2) is 32.6 Å². The first-order valence-electron chi connectivity index (χ1n) is 7.48. The Bertz CT molecular complexity index is 681. The van der Waals surface area contributed by atoms with Crippen LogP contribution < -0.4 is 15.4 Å². The Morgan fingerprint density at radius 3 is 2.12 bits per heavy atom. The molecule has 1 amide bonds. The molecule has 0 aliphatic carbocycles. The number of esters is 1. The molecule has 0 saturated carbocycles. The maximum atomic E-state index is 11.9. The van der Waals surface area contributed by atoms with Crippen molar-refractivity contribution in [2.75, 3.05) is 31.4 Å². The van der Waals surface area contributed by atoms with E-state index in [9.17, 15) is 9.59 Å². The summed E-state index contributed by atoms with van der Waals surface area (Å²) in [4.78, 5) is 23.2. The zero-order chi connectivity index (χ0) is 17.4. The highest BCUT2D eigenvalue weighted by atomic mass is 16.5. The quantitative estimate of drug-likeness (QED) is 0.764. The molecule has 0 bridgehead atoms. The number of anilines is 2. The summed E-state index contributed by atoms with van der Waals surface area (Å²) >= 11 is 0. The van der Waals surface area contributed by atoms with Crippen molar-refractivity contribution in [2.24, 2.45) is 0 Å². The second-order valence-electron chi connectivity index (χ2n) is 5.02. The maximum absolute atomic E-state index is 11.9. The van der Waals surface area contributed by atoms with E-state index in [1.54, 1.807) is 55.6 Å². The normalized spacial score (nSPS) is 9.92. The van der Waals surface area contributed by atoms with Gasteiger partial charge in [-0.2, -0.15) is 0 Å². The Morgan fingerprint density at radius 1 is 0.917 bits per heavy atom. The predicted molar refractivity (Wildman–Crippen MR) is 92.5 cm³/mol. The lowest BCUT2D eigenvalue weighted by Crippen LogP contribution is -2.16. The predicted octanol–water partition coefficient (Wildman–Crippen LogP) is 2.92. The summed E-state index contributed by atoms with van der Waals surface area (Å²) in [6, 6.07) is 14.0. The second-order valence-corrected chi connectivity index (χ2v) is 5.02. The summed E-state index contributed by atoms with van der Waals surface area (Å²) in [5.41, 5.74) is 2.04.